The highest BCUT2D eigenvalue weighted by Crippen LogP contribution is 2.33. The summed E-state index contributed by atoms with van der Waals surface area (Å²) in [6.45, 7) is 2.28. The molecule has 0 radical (unpaired) electrons. The van der Waals surface area contributed by atoms with E-state index >= 15 is 0 Å². The number of rotatable bonds is 10. The summed E-state index contributed by atoms with van der Waals surface area (Å²) < 4.78 is 21.8. The molecule has 0 unspecified atom stereocenters. The van der Waals surface area contributed by atoms with Crippen LogP contribution in [0.15, 0.2) is 64.0 Å². The Hall–Kier alpha value is -3.78. The molecule has 1 amide bonds. The van der Waals surface area contributed by atoms with Crippen molar-refractivity contribution in [2.24, 2.45) is 0 Å². The van der Waals surface area contributed by atoms with E-state index in [9.17, 15) is 9.59 Å². The van der Waals surface area contributed by atoms with Crippen LogP contribution in [-0.4, -0.2) is 44.7 Å². The highest BCUT2D eigenvalue weighted by molar-refractivity contribution is 5.77. The van der Waals surface area contributed by atoms with Gasteiger partial charge < -0.3 is 23.9 Å². The topological polar surface area (TPSA) is 90.2 Å². The van der Waals surface area contributed by atoms with E-state index < -0.39 is 0 Å². The fraction of sp³-hybridized carbons (Fsp3) is 0.333. The second kappa shape index (κ2) is 11.6. The summed E-state index contributed by atoms with van der Waals surface area (Å²) in [7, 11) is 3.25. The number of carbonyl (C=O) groups is 1. The summed E-state index contributed by atoms with van der Waals surface area (Å²) >= 11 is 0. The molecule has 0 bridgehead atoms. The van der Waals surface area contributed by atoms with E-state index in [1.807, 2.05) is 42.5 Å². The first-order chi connectivity index (χ1) is 17.1. The SMILES string of the molecule is COc1cc2c(cc1OC)CN(Cc1cc(=O)c(OCC(=O)NCCc3ccccc3)co1)CC2. The molecule has 0 saturated heterocycles. The third kappa shape index (κ3) is 6.42. The Kier molecular flexibility index (Phi) is 8.05. The minimum absolute atomic E-state index is 0.0211. The third-order valence-electron chi connectivity index (χ3n) is 5.97. The van der Waals surface area contributed by atoms with Crippen LogP contribution in [0.4, 0.5) is 0 Å². The lowest BCUT2D eigenvalue weighted by Gasteiger charge is -2.29. The molecule has 8 nitrogen and oxygen atoms in total. The number of hydrogen-bond donors (Lipinski definition) is 1. The summed E-state index contributed by atoms with van der Waals surface area (Å²) in [5.41, 5.74) is 3.22. The second-order valence-electron chi connectivity index (χ2n) is 8.39. The van der Waals surface area contributed by atoms with Crippen molar-refractivity contribution in [1.82, 2.24) is 10.2 Å². The summed E-state index contributed by atoms with van der Waals surface area (Å²) in [5, 5.41) is 2.79. The minimum atomic E-state index is -0.313. The molecule has 0 aliphatic carbocycles. The van der Waals surface area contributed by atoms with E-state index in [0.717, 1.165) is 36.3 Å². The highest BCUT2D eigenvalue weighted by atomic mass is 16.5. The van der Waals surface area contributed by atoms with Gasteiger partial charge in [-0.25, -0.2) is 0 Å². The van der Waals surface area contributed by atoms with Crippen LogP contribution >= 0.6 is 0 Å². The molecular formula is C27H30N2O6. The van der Waals surface area contributed by atoms with Gasteiger partial charge in [-0.1, -0.05) is 30.3 Å². The van der Waals surface area contributed by atoms with Gasteiger partial charge in [0.2, 0.25) is 11.2 Å². The van der Waals surface area contributed by atoms with E-state index in [1.54, 1.807) is 14.2 Å². The largest absolute Gasteiger partial charge is 0.493 e. The predicted molar refractivity (Wildman–Crippen MR) is 131 cm³/mol. The Morgan fingerprint density at radius 2 is 1.77 bits per heavy atom. The first-order valence-corrected chi connectivity index (χ1v) is 11.6. The molecule has 4 rings (SSSR count). The first-order valence-electron chi connectivity index (χ1n) is 11.6. The maximum Gasteiger partial charge on any atom is 0.257 e. The molecule has 3 aromatic rings. The molecule has 8 heteroatoms. The molecule has 0 saturated carbocycles. The lowest BCUT2D eigenvalue weighted by atomic mass is 9.98. The van der Waals surface area contributed by atoms with Gasteiger partial charge in [0.15, 0.2) is 18.1 Å². The van der Waals surface area contributed by atoms with Crippen LogP contribution < -0.4 is 25.0 Å². The Labute approximate surface area is 204 Å². The number of carbonyl (C=O) groups excluding carboxylic acids is 1. The molecule has 2 heterocycles. The van der Waals surface area contributed by atoms with Gasteiger partial charge in [-0.3, -0.25) is 14.5 Å². The molecule has 1 aromatic heterocycles. The Balaban J connectivity index is 1.27. The van der Waals surface area contributed by atoms with Crippen LogP contribution in [0.2, 0.25) is 0 Å². The maximum atomic E-state index is 12.5. The number of hydrogen-bond acceptors (Lipinski definition) is 7. The van der Waals surface area contributed by atoms with Crippen LogP contribution in [0.1, 0.15) is 22.5 Å². The number of fused-ring (bicyclic) bond motifs is 1. The Bertz CT molecular complexity index is 1210. The average molecular weight is 479 g/mol. The van der Waals surface area contributed by atoms with Gasteiger partial charge in [-0.2, -0.15) is 0 Å². The minimum Gasteiger partial charge on any atom is -0.493 e. The van der Waals surface area contributed by atoms with Gasteiger partial charge in [0.1, 0.15) is 12.0 Å². The number of amides is 1. The summed E-state index contributed by atoms with van der Waals surface area (Å²) in [4.78, 5) is 26.7. The summed E-state index contributed by atoms with van der Waals surface area (Å²) in [6, 6.07) is 15.3. The van der Waals surface area contributed by atoms with Crippen molar-refractivity contribution < 1.29 is 23.4 Å². The predicted octanol–water partition coefficient (Wildman–Crippen LogP) is 2.95. The molecule has 2 aromatic carbocycles. The van der Waals surface area contributed by atoms with Crippen molar-refractivity contribution in [3.05, 3.63) is 87.5 Å². The van der Waals surface area contributed by atoms with Crippen molar-refractivity contribution in [1.29, 1.82) is 0 Å². The van der Waals surface area contributed by atoms with Crippen LogP contribution in [0.5, 0.6) is 17.2 Å². The molecule has 0 spiro atoms. The molecule has 35 heavy (non-hydrogen) atoms. The van der Waals surface area contributed by atoms with Crippen LogP contribution in [0.3, 0.4) is 0 Å². The molecule has 184 valence electrons. The molecule has 1 aliphatic heterocycles. The van der Waals surface area contributed by atoms with E-state index in [-0.39, 0.29) is 23.7 Å². The smallest absolute Gasteiger partial charge is 0.257 e. The van der Waals surface area contributed by atoms with Gasteiger partial charge >= 0.3 is 0 Å². The van der Waals surface area contributed by atoms with E-state index in [4.69, 9.17) is 18.6 Å². The van der Waals surface area contributed by atoms with Crippen molar-refractivity contribution in [2.75, 3.05) is 33.9 Å². The number of nitrogens with one attached hydrogen (secondary N) is 1. The Morgan fingerprint density at radius 3 is 2.49 bits per heavy atom. The molecule has 0 atom stereocenters. The van der Waals surface area contributed by atoms with E-state index in [2.05, 4.69) is 10.2 Å². The fourth-order valence-corrected chi connectivity index (χ4v) is 4.11. The van der Waals surface area contributed by atoms with Gasteiger partial charge in [-0.15, -0.1) is 0 Å². The van der Waals surface area contributed by atoms with Crippen molar-refractivity contribution in [2.45, 2.75) is 25.9 Å². The first kappa shape index (κ1) is 24.3. The zero-order valence-corrected chi connectivity index (χ0v) is 20.0. The zero-order valence-electron chi connectivity index (χ0n) is 20.0. The molecule has 1 N–H and O–H groups in total. The highest BCUT2D eigenvalue weighted by Gasteiger charge is 2.20. The molecule has 1 aliphatic rings. The van der Waals surface area contributed by atoms with E-state index in [0.29, 0.717) is 31.1 Å². The zero-order chi connectivity index (χ0) is 24.6. The average Bonchev–Trinajstić information content (AvgIpc) is 2.88. The van der Waals surface area contributed by atoms with Crippen LogP contribution in [0.25, 0.3) is 0 Å². The number of ether oxygens (including phenoxy) is 3. The number of benzene rings is 2. The second-order valence-corrected chi connectivity index (χ2v) is 8.39. The summed E-state index contributed by atoms with van der Waals surface area (Å²) in [6.07, 6.45) is 2.87. The van der Waals surface area contributed by atoms with Crippen LogP contribution in [-0.2, 0) is 30.7 Å². The fourth-order valence-electron chi connectivity index (χ4n) is 4.11. The number of nitrogens with zero attached hydrogens (tertiary/aromatic N) is 1. The van der Waals surface area contributed by atoms with E-state index in [1.165, 1.54) is 17.9 Å². The monoisotopic (exact) mass is 478 g/mol. The van der Waals surface area contributed by atoms with Crippen molar-refractivity contribution in [3.63, 3.8) is 0 Å². The Morgan fingerprint density at radius 1 is 1.03 bits per heavy atom. The van der Waals surface area contributed by atoms with Crippen molar-refractivity contribution >= 4 is 5.91 Å². The standard InChI is InChI=1S/C27H30N2O6/c1-32-24-12-20-9-11-29(15-21(20)13-25(24)33-2)16-22-14-23(30)26(17-34-22)35-18-27(31)28-10-8-19-6-4-3-5-7-19/h3-7,12-14,17H,8-11,15-16,18H2,1-2H3,(H,28,31). The quantitative estimate of drug-likeness (QED) is 0.479. The lowest BCUT2D eigenvalue weighted by Crippen LogP contribution is -2.31. The molecular weight excluding hydrogens is 448 g/mol. The van der Waals surface area contributed by atoms with Gasteiger partial charge in [0, 0.05) is 25.7 Å². The van der Waals surface area contributed by atoms with Gasteiger partial charge in [0.05, 0.1) is 20.8 Å². The normalized spacial score (nSPS) is 13.1. The van der Waals surface area contributed by atoms with Crippen molar-refractivity contribution in [3.8, 4) is 17.2 Å². The lowest BCUT2D eigenvalue weighted by molar-refractivity contribution is -0.123. The number of methoxy groups -OCH3 is 2. The van der Waals surface area contributed by atoms with Gasteiger partial charge in [-0.05, 0) is 41.7 Å². The van der Waals surface area contributed by atoms with Crippen LogP contribution in [0, 0.1) is 0 Å². The summed E-state index contributed by atoms with van der Waals surface area (Å²) in [5.74, 6) is 1.70. The van der Waals surface area contributed by atoms with Gasteiger partial charge in [0.25, 0.3) is 5.91 Å². The third-order valence-corrected chi connectivity index (χ3v) is 5.97. The maximum absolute atomic E-state index is 12.5. The molecule has 0 fully saturated rings.